The number of amides is 1. The van der Waals surface area contributed by atoms with E-state index >= 15 is 0 Å². The molecule has 0 saturated carbocycles. The third-order valence-corrected chi connectivity index (χ3v) is 1.29. The van der Waals surface area contributed by atoms with Gasteiger partial charge in [-0.25, -0.2) is 4.98 Å². The SMILES string of the molecule is Cc1cccc(C(=O)NC#N)n1. The summed E-state index contributed by atoms with van der Waals surface area (Å²) in [5, 5.41) is 10.2. The molecule has 0 aliphatic carbocycles. The Kier molecular flexibility index (Phi) is 2.38. The summed E-state index contributed by atoms with van der Waals surface area (Å²) >= 11 is 0. The quantitative estimate of drug-likeness (QED) is 0.484. The van der Waals surface area contributed by atoms with E-state index in [1.807, 2.05) is 5.32 Å². The first-order valence-corrected chi connectivity index (χ1v) is 3.37. The van der Waals surface area contributed by atoms with Crippen molar-refractivity contribution >= 4 is 5.91 Å². The highest BCUT2D eigenvalue weighted by atomic mass is 16.1. The Morgan fingerprint density at radius 1 is 1.67 bits per heavy atom. The first kappa shape index (κ1) is 8.21. The summed E-state index contributed by atoms with van der Waals surface area (Å²) in [6.07, 6.45) is 1.55. The molecule has 0 saturated heterocycles. The average molecular weight is 161 g/mol. The molecule has 1 amide bonds. The van der Waals surface area contributed by atoms with Crippen LogP contribution in [0.4, 0.5) is 0 Å². The molecule has 0 atom stereocenters. The van der Waals surface area contributed by atoms with Crippen molar-refractivity contribution in [2.45, 2.75) is 6.92 Å². The molecule has 60 valence electrons. The van der Waals surface area contributed by atoms with Gasteiger partial charge in [0.05, 0.1) is 0 Å². The average Bonchev–Trinajstić information content (AvgIpc) is 2.05. The lowest BCUT2D eigenvalue weighted by atomic mass is 10.3. The van der Waals surface area contributed by atoms with E-state index < -0.39 is 5.91 Å². The summed E-state index contributed by atoms with van der Waals surface area (Å²) in [4.78, 5) is 14.9. The number of nitriles is 1. The Bertz CT molecular complexity index is 340. The largest absolute Gasteiger partial charge is 0.282 e. The number of hydrogen-bond donors (Lipinski definition) is 1. The van der Waals surface area contributed by atoms with Crippen LogP contribution in [0.1, 0.15) is 16.2 Å². The highest BCUT2D eigenvalue weighted by molar-refractivity contribution is 5.93. The molecule has 1 aromatic rings. The van der Waals surface area contributed by atoms with E-state index in [1.54, 1.807) is 31.3 Å². The Morgan fingerprint density at radius 3 is 3.00 bits per heavy atom. The van der Waals surface area contributed by atoms with Crippen LogP contribution < -0.4 is 5.32 Å². The minimum absolute atomic E-state index is 0.261. The van der Waals surface area contributed by atoms with Gasteiger partial charge in [0.15, 0.2) is 6.19 Å². The maximum atomic E-state index is 11.0. The van der Waals surface area contributed by atoms with Crippen LogP contribution in [0.2, 0.25) is 0 Å². The van der Waals surface area contributed by atoms with Gasteiger partial charge in [-0.1, -0.05) is 6.07 Å². The number of aryl methyl sites for hydroxylation is 1. The van der Waals surface area contributed by atoms with Gasteiger partial charge in [-0.15, -0.1) is 0 Å². The van der Waals surface area contributed by atoms with Crippen molar-refractivity contribution in [1.82, 2.24) is 10.3 Å². The summed E-state index contributed by atoms with van der Waals surface area (Å²) in [6.45, 7) is 1.78. The number of carbonyl (C=O) groups is 1. The zero-order chi connectivity index (χ0) is 8.97. The Hall–Kier alpha value is -1.89. The van der Waals surface area contributed by atoms with Crippen molar-refractivity contribution in [3.8, 4) is 6.19 Å². The summed E-state index contributed by atoms with van der Waals surface area (Å²) in [5.74, 6) is -0.471. The standard InChI is InChI=1S/C8H7N3O/c1-6-3-2-4-7(11-6)8(12)10-5-9/h2-4H,1H3,(H,10,12). The van der Waals surface area contributed by atoms with Gasteiger partial charge in [0, 0.05) is 5.69 Å². The number of nitrogens with zero attached hydrogens (tertiary/aromatic N) is 2. The van der Waals surface area contributed by atoms with Crippen LogP contribution in [0.5, 0.6) is 0 Å². The Balaban J connectivity index is 2.90. The van der Waals surface area contributed by atoms with E-state index in [2.05, 4.69) is 4.98 Å². The molecule has 0 unspecified atom stereocenters. The summed E-state index contributed by atoms with van der Waals surface area (Å²) in [7, 11) is 0. The van der Waals surface area contributed by atoms with Gasteiger partial charge in [-0.3, -0.25) is 10.1 Å². The third kappa shape index (κ3) is 1.80. The fraction of sp³-hybridized carbons (Fsp3) is 0.125. The number of hydrogen-bond acceptors (Lipinski definition) is 3. The van der Waals surface area contributed by atoms with Crippen LogP contribution in [-0.4, -0.2) is 10.9 Å². The molecule has 1 rings (SSSR count). The van der Waals surface area contributed by atoms with Crippen LogP contribution in [0, 0.1) is 18.4 Å². The molecule has 0 aliphatic rings. The van der Waals surface area contributed by atoms with E-state index in [9.17, 15) is 4.79 Å². The molecule has 4 heteroatoms. The molecule has 4 nitrogen and oxygen atoms in total. The van der Waals surface area contributed by atoms with E-state index in [0.29, 0.717) is 0 Å². The van der Waals surface area contributed by atoms with Gasteiger partial charge in [-0.2, -0.15) is 5.26 Å². The second-order valence-corrected chi connectivity index (χ2v) is 2.23. The van der Waals surface area contributed by atoms with Crippen LogP contribution >= 0.6 is 0 Å². The van der Waals surface area contributed by atoms with Crippen molar-refractivity contribution in [3.05, 3.63) is 29.6 Å². The van der Waals surface area contributed by atoms with Gasteiger partial charge >= 0.3 is 0 Å². The predicted octanol–water partition coefficient (Wildman–Crippen LogP) is 0.601. The lowest BCUT2D eigenvalue weighted by Crippen LogP contribution is -2.18. The number of pyridine rings is 1. The molecule has 1 heterocycles. The van der Waals surface area contributed by atoms with Gasteiger partial charge in [-0.05, 0) is 19.1 Å². The molecule has 1 N–H and O–H groups in total. The first-order valence-electron chi connectivity index (χ1n) is 3.37. The van der Waals surface area contributed by atoms with Gasteiger partial charge in [0.1, 0.15) is 5.69 Å². The number of carbonyl (C=O) groups excluding carboxylic acids is 1. The Morgan fingerprint density at radius 2 is 2.42 bits per heavy atom. The number of aromatic nitrogens is 1. The second-order valence-electron chi connectivity index (χ2n) is 2.23. The normalized spacial score (nSPS) is 8.67. The second kappa shape index (κ2) is 3.49. The van der Waals surface area contributed by atoms with Crippen LogP contribution in [0.3, 0.4) is 0 Å². The molecule has 0 radical (unpaired) electrons. The molecule has 0 bridgehead atoms. The van der Waals surface area contributed by atoms with Gasteiger partial charge in [0.25, 0.3) is 5.91 Å². The fourth-order valence-corrected chi connectivity index (χ4v) is 0.784. The third-order valence-electron chi connectivity index (χ3n) is 1.29. The van der Waals surface area contributed by atoms with E-state index in [0.717, 1.165) is 5.69 Å². The molecule has 0 spiro atoms. The zero-order valence-corrected chi connectivity index (χ0v) is 6.53. The molecule has 0 aliphatic heterocycles. The van der Waals surface area contributed by atoms with Gasteiger partial charge < -0.3 is 0 Å². The predicted molar refractivity (Wildman–Crippen MR) is 42.1 cm³/mol. The Labute approximate surface area is 69.8 Å². The van der Waals surface area contributed by atoms with Crippen LogP contribution in [-0.2, 0) is 0 Å². The fourth-order valence-electron chi connectivity index (χ4n) is 0.784. The summed E-state index contributed by atoms with van der Waals surface area (Å²) in [5.41, 5.74) is 1.01. The first-order chi connectivity index (χ1) is 5.74. The lowest BCUT2D eigenvalue weighted by Gasteiger charge is -1.96. The minimum Gasteiger partial charge on any atom is -0.266 e. The van der Waals surface area contributed by atoms with Crippen molar-refractivity contribution in [1.29, 1.82) is 5.26 Å². The molecule has 0 fully saturated rings. The zero-order valence-electron chi connectivity index (χ0n) is 6.53. The van der Waals surface area contributed by atoms with Crippen molar-refractivity contribution in [3.63, 3.8) is 0 Å². The highest BCUT2D eigenvalue weighted by Gasteiger charge is 2.04. The topological polar surface area (TPSA) is 65.8 Å². The van der Waals surface area contributed by atoms with E-state index in [-0.39, 0.29) is 5.69 Å². The molecule has 0 aromatic carbocycles. The number of nitrogens with one attached hydrogen (secondary N) is 1. The van der Waals surface area contributed by atoms with E-state index in [1.165, 1.54) is 0 Å². The summed E-state index contributed by atoms with van der Waals surface area (Å²) < 4.78 is 0. The van der Waals surface area contributed by atoms with Crippen molar-refractivity contribution in [2.75, 3.05) is 0 Å². The molecule has 12 heavy (non-hydrogen) atoms. The van der Waals surface area contributed by atoms with Crippen molar-refractivity contribution in [2.24, 2.45) is 0 Å². The minimum atomic E-state index is -0.471. The van der Waals surface area contributed by atoms with Gasteiger partial charge in [0.2, 0.25) is 0 Å². The maximum Gasteiger partial charge on any atom is 0.282 e. The molecular weight excluding hydrogens is 154 g/mol. The lowest BCUT2D eigenvalue weighted by molar-refractivity contribution is 0.0968. The van der Waals surface area contributed by atoms with E-state index in [4.69, 9.17) is 5.26 Å². The maximum absolute atomic E-state index is 11.0. The number of rotatable bonds is 1. The summed E-state index contributed by atoms with van der Waals surface area (Å²) in [6, 6.07) is 5.05. The van der Waals surface area contributed by atoms with Crippen molar-refractivity contribution < 1.29 is 4.79 Å². The smallest absolute Gasteiger partial charge is 0.266 e. The van der Waals surface area contributed by atoms with Crippen LogP contribution in [0.25, 0.3) is 0 Å². The molecular formula is C8H7N3O. The van der Waals surface area contributed by atoms with Crippen LogP contribution in [0.15, 0.2) is 18.2 Å². The highest BCUT2D eigenvalue weighted by Crippen LogP contribution is 1.96. The monoisotopic (exact) mass is 161 g/mol. The molecule has 1 aromatic heterocycles.